The Morgan fingerprint density at radius 2 is 2.29 bits per heavy atom. The first-order valence-corrected chi connectivity index (χ1v) is 5.75. The molecule has 0 saturated carbocycles. The van der Waals surface area contributed by atoms with Crippen LogP contribution >= 0.6 is 0 Å². The predicted molar refractivity (Wildman–Crippen MR) is 59.2 cm³/mol. The Balaban J connectivity index is 2.16. The van der Waals surface area contributed by atoms with E-state index in [0.717, 1.165) is 26.3 Å². The Hall–Kier alpha value is -0.120. The zero-order chi connectivity index (χ0) is 10.4. The van der Waals surface area contributed by atoms with E-state index in [1.165, 1.54) is 12.8 Å². The van der Waals surface area contributed by atoms with Crippen molar-refractivity contribution in [2.45, 2.75) is 32.7 Å². The van der Waals surface area contributed by atoms with Gasteiger partial charge in [0.05, 0.1) is 6.61 Å². The average Bonchev–Trinajstić information content (AvgIpc) is 2.20. The summed E-state index contributed by atoms with van der Waals surface area (Å²) in [6, 6.07) is 0.552. The van der Waals surface area contributed by atoms with Gasteiger partial charge in [0.15, 0.2) is 0 Å². The lowest BCUT2D eigenvalue weighted by atomic mass is 9.95. The van der Waals surface area contributed by atoms with Crippen molar-refractivity contribution in [3.63, 3.8) is 0 Å². The molecule has 0 aromatic carbocycles. The Morgan fingerprint density at radius 1 is 1.50 bits per heavy atom. The molecule has 3 heteroatoms. The van der Waals surface area contributed by atoms with Crippen molar-refractivity contribution in [2.24, 2.45) is 17.6 Å². The fourth-order valence-corrected chi connectivity index (χ4v) is 1.81. The number of ether oxygens (including phenoxy) is 1. The maximum Gasteiger partial charge on any atom is 0.0619 e. The number of hydrogen-bond acceptors (Lipinski definition) is 3. The van der Waals surface area contributed by atoms with Crippen LogP contribution in [0.4, 0.5) is 0 Å². The minimum absolute atomic E-state index is 0.552. The standard InChI is InChI=1S/C11H24N2O/c1-9(2)10(6-12)7-13-11-4-3-5-14-8-11/h9-11,13H,3-8,12H2,1-2H3. The molecule has 0 aromatic heterocycles. The molecule has 2 atom stereocenters. The Kier molecular flexibility index (Phi) is 5.45. The third-order valence-corrected chi connectivity index (χ3v) is 3.07. The van der Waals surface area contributed by atoms with Gasteiger partial charge in [-0.05, 0) is 37.8 Å². The van der Waals surface area contributed by atoms with E-state index in [2.05, 4.69) is 19.2 Å². The molecule has 0 radical (unpaired) electrons. The highest BCUT2D eigenvalue weighted by molar-refractivity contribution is 4.74. The van der Waals surface area contributed by atoms with Crippen LogP contribution in [0.5, 0.6) is 0 Å². The van der Waals surface area contributed by atoms with Crippen molar-refractivity contribution in [3.8, 4) is 0 Å². The van der Waals surface area contributed by atoms with Crippen LogP contribution < -0.4 is 11.1 Å². The SMILES string of the molecule is CC(C)C(CN)CNC1CCCOC1. The van der Waals surface area contributed by atoms with E-state index in [-0.39, 0.29) is 0 Å². The van der Waals surface area contributed by atoms with Gasteiger partial charge in [0.25, 0.3) is 0 Å². The third-order valence-electron chi connectivity index (χ3n) is 3.07. The van der Waals surface area contributed by atoms with Crippen LogP contribution in [0.15, 0.2) is 0 Å². The second-order valence-corrected chi connectivity index (χ2v) is 4.56. The van der Waals surface area contributed by atoms with Crippen LogP contribution in [0.1, 0.15) is 26.7 Å². The molecule has 0 aromatic rings. The number of nitrogens with two attached hydrogens (primary N) is 1. The normalized spacial score (nSPS) is 25.3. The number of hydrogen-bond donors (Lipinski definition) is 2. The first-order valence-electron chi connectivity index (χ1n) is 5.75. The van der Waals surface area contributed by atoms with Crippen molar-refractivity contribution in [1.29, 1.82) is 0 Å². The maximum absolute atomic E-state index is 5.72. The lowest BCUT2D eigenvalue weighted by molar-refractivity contribution is 0.0684. The van der Waals surface area contributed by atoms with Gasteiger partial charge in [-0.2, -0.15) is 0 Å². The van der Waals surface area contributed by atoms with Crippen LogP contribution in [0.2, 0.25) is 0 Å². The topological polar surface area (TPSA) is 47.3 Å². The number of rotatable bonds is 5. The molecular formula is C11H24N2O. The first-order chi connectivity index (χ1) is 6.74. The molecule has 3 nitrogen and oxygen atoms in total. The average molecular weight is 200 g/mol. The van der Waals surface area contributed by atoms with E-state index in [1.807, 2.05) is 0 Å². The molecule has 0 aliphatic carbocycles. The fourth-order valence-electron chi connectivity index (χ4n) is 1.81. The van der Waals surface area contributed by atoms with Gasteiger partial charge in [0.1, 0.15) is 0 Å². The van der Waals surface area contributed by atoms with E-state index in [4.69, 9.17) is 10.5 Å². The van der Waals surface area contributed by atoms with E-state index >= 15 is 0 Å². The monoisotopic (exact) mass is 200 g/mol. The van der Waals surface area contributed by atoms with E-state index in [1.54, 1.807) is 0 Å². The summed E-state index contributed by atoms with van der Waals surface area (Å²) in [6.45, 7) is 8.08. The largest absolute Gasteiger partial charge is 0.380 e. The molecule has 3 N–H and O–H groups in total. The summed E-state index contributed by atoms with van der Waals surface area (Å²) in [7, 11) is 0. The maximum atomic E-state index is 5.72. The predicted octanol–water partition coefficient (Wildman–Crippen LogP) is 0.986. The summed E-state index contributed by atoms with van der Waals surface area (Å²) < 4.78 is 5.41. The Labute approximate surface area is 87.4 Å². The molecule has 0 spiro atoms. The smallest absolute Gasteiger partial charge is 0.0619 e. The summed E-state index contributed by atoms with van der Waals surface area (Å²) in [5.74, 6) is 1.26. The van der Waals surface area contributed by atoms with Crippen LogP contribution in [0, 0.1) is 11.8 Å². The van der Waals surface area contributed by atoms with E-state index in [9.17, 15) is 0 Å². The Morgan fingerprint density at radius 3 is 2.79 bits per heavy atom. The summed E-state index contributed by atoms with van der Waals surface area (Å²) in [5, 5.41) is 3.55. The molecule has 84 valence electrons. The van der Waals surface area contributed by atoms with Crippen molar-refractivity contribution in [3.05, 3.63) is 0 Å². The summed E-state index contributed by atoms with van der Waals surface area (Å²) >= 11 is 0. The first kappa shape index (κ1) is 12.0. The summed E-state index contributed by atoms with van der Waals surface area (Å²) in [4.78, 5) is 0. The Bertz CT molecular complexity index is 144. The fraction of sp³-hybridized carbons (Fsp3) is 1.00. The minimum Gasteiger partial charge on any atom is -0.380 e. The van der Waals surface area contributed by atoms with Gasteiger partial charge in [0, 0.05) is 12.6 Å². The van der Waals surface area contributed by atoms with Crippen molar-refractivity contribution >= 4 is 0 Å². The van der Waals surface area contributed by atoms with Gasteiger partial charge in [-0.3, -0.25) is 0 Å². The summed E-state index contributed by atoms with van der Waals surface area (Å²) in [5.41, 5.74) is 5.72. The highest BCUT2D eigenvalue weighted by Gasteiger charge is 2.16. The van der Waals surface area contributed by atoms with Crippen LogP contribution in [-0.4, -0.2) is 32.3 Å². The highest BCUT2D eigenvalue weighted by Crippen LogP contribution is 2.10. The van der Waals surface area contributed by atoms with Crippen molar-refractivity contribution in [2.75, 3.05) is 26.3 Å². The second-order valence-electron chi connectivity index (χ2n) is 4.56. The molecule has 1 rings (SSSR count). The third kappa shape index (κ3) is 3.95. The zero-order valence-electron chi connectivity index (χ0n) is 9.46. The van der Waals surface area contributed by atoms with Crippen LogP contribution in [0.3, 0.4) is 0 Å². The quantitative estimate of drug-likeness (QED) is 0.695. The van der Waals surface area contributed by atoms with Gasteiger partial charge in [-0.15, -0.1) is 0 Å². The molecule has 1 aliphatic rings. The van der Waals surface area contributed by atoms with Gasteiger partial charge in [0.2, 0.25) is 0 Å². The molecule has 1 aliphatic heterocycles. The van der Waals surface area contributed by atoms with Gasteiger partial charge in [-0.25, -0.2) is 0 Å². The van der Waals surface area contributed by atoms with Crippen molar-refractivity contribution < 1.29 is 4.74 Å². The number of nitrogens with one attached hydrogen (secondary N) is 1. The zero-order valence-corrected chi connectivity index (χ0v) is 9.46. The van der Waals surface area contributed by atoms with Gasteiger partial charge in [-0.1, -0.05) is 13.8 Å². The summed E-state index contributed by atoms with van der Waals surface area (Å²) in [6.07, 6.45) is 2.43. The molecule has 1 saturated heterocycles. The van der Waals surface area contributed by atoms with Gasteiger partial charge >= 0.3 is 0 Å². The highest BCUT2D eigenvalue weighted by atomic mass is 16.5. The second kappa shape index (κ2) is 6.38. The molecule has 1 fully saturated rings. The van der Waals surface area contributed by atoms with Crippen LogP contribution in [0.25, 0.3) is 0 Å². The molecule has 0 amide bonds. The molecule has 14 heavy (non-hydrogen) atoms. The van der Waals surface area contributed by atoms with Gasteiger partial charge < -0.3 is 15.8 Å². The van der Waals surface area contributed by atoms with Crippen molar-refractivity contribution in [1.82, 2.24) is 5.32 Å². The van der Waals surface area contributed by atoms with E-state index < -0.39 is 0 Å². The molecule has 1 heterocycles. The van der Waals surface area contributed by atoms with E-state index in [0.29, 0.717) is 17.9 Å². The lowest BCUT2D eigenvalue weighted by Crippen LogP contribution is -2.41. The molecule has 0 bridgehead atoms. The molecular weight excluding hydrogens is 176 g/mol. The van der Waals surface area contributed by atoms with Crippen LogP contribution in [-0.2, 0) is 4.74 Å². The lowest BCUT2D eigenvalue weighted by Gasteiger charge is -2.27. The minimum atomic E-state index is 0.552. The molecule has 2 unspecified atom stereocenters.